The van der Waals surface area contributed by atoms with Crippen molar-refractivity contribution in [3.8, 4) is 11.8 Å². The second-order valence-electron chi connectivity index (χ2n) is 2.39. The minimum atomic E-state index is 0.399. The van der Waals surface area contributed by atoms with Crippen LogP contribution in [-0.2, 0) is 0 Å². The molecule has 0 aromatic heterocycles. The Labute approximate surface area is 81.7 Å². The number of hydrogen-bond acceptors (Lipinski definition) is 3. The van der Waals surface area contributed by atoms with Crippen molar-refractivity contribution in [2.75, 3.05) is 13.2 Å². The number of benzene rings is 1. The lowest BCUT2D eigenvalue weighted by atomic mass is 10.2. The third kappa shape index (κ3) is 2.62. The van der Waals surface area contributed by atoms with Crippen LogP contribution in [0.3, 0.4) is 0 Å². The van der Waals surface area contributed by atoms with Gasteiger partial charge in [-0.15, -0.1) is 0 Å². The molecule has 0 aliphatic rings. The van der Waals surface area contributed by atoms with E-state index in [1.807, 2.05) is 6.07 Å². The molecule has 0 aliphatic carbocycles. The van der Waals surface area contributed by atoms with E-state index in [-0.39, 0.29) is 0 Å². The van der Waals surface area contributed by atoms with Gasteiger partial charge in [0.1, 0.15) is 18.4 Å². The quantitative estimate of drug-likeness (QED) is 0.798. The average Bonchev–Trinajstić information content (AvgIpc) is 2.16. The maximum atomic E-state index is 8.72. The molecule has 13 heavy (non-hydrogen) atoms. The number of halogens is 1. The van der Waals surface area contributed by atoms with Crippen LogP contribution in [0.4, 0.5) is 0 Å². The molecule has 0 saturated carbocycles. The molecular weight excluding hydrogens is 188 g/mol. The molecule has 1 aromatic carbocycles. The van der Waals surface area contributed by atoms with Crippen molar-refractivity contribution in [1.29, 1.82) is 5.26 Å². The fourth-order valence-electron chi connectivity index (χ4n) is 0.884. The molecule has 0 amide bonds. The summed E-state index contributed by atoms with van der Waals surface area (Å²) in [5.74, 6) is 0.525. The highest BCUT2D eigenvalue weighted by Gasteiger charge is 2.02. The topological polar surface area (TPSA) is 59.0 Å². The highest BCUT2D eigenvalue weighted by atomic mass is 35.5. The molecule has 0 saturated heterocycles. The summed E-state index contributed by atoms with van der Waals surface area (Å²) in [5, 5.41) is 9.25. The van der Waals surface area contributed by atoms with Gasteiger partial charge in [-0.2, -0.15) is 5.26 Å². The Bertz CT molecular complexity index is 333. The molecule has 2 N–H and O–H groups in total. The molecular formula is C9H9ClN2O. The van der Waals surface area contributed by atoms with E-state index in [0.29, 0.717) is 29.5 Å². The molecule has 3 nitrogen and oxygen atoms in total. The molecule has 68 valence electrons. The van der Waals surface area contributed by atoms with Gasteiger partial charge >= 0.3 is 0 Å². The lowest BCUT2D eigenvalue weighted by molar-refractivity contribution is 0.327. The standard InChI is InChI=1S/C9H9ClN2O/c10-8-1-2-9(13-4-3-11)7(5-8)6-12/h1-2,5H,3-4,11H2. The van der Waals surface area contributed by atoms with Gasteiger partial charge < -0.3 is 10.5 Å². The summed E-state index contributed by atoms with van der Waals surface area (Å²) >= 11 is 5.70. The van der Waals surface area contributed by atoms with Crippen LogP contribution < -0.4 is 10.5 Å². The number of hydrogen-bond donors (Lipinski definition) is 1. The fourth-order valence-corrected chi connectivity index (χ4v) is 1.06. The zero-order valence-corrected chi connectivity index (χ0v) is 7.71. The molecule has 0 radical (unpaired) electrons. The Morgan fingerprint density at radius 3 is 2.92 bits per heavy atom. The SMILES string of the molecule is N#Cc1cc(Cl)ccc1OCCN. The van der Waals surface area contributed by atoms with E-state index in [2.05, 4.69) is 0 Å². The molecule has 0 heterocycles. The Balaban J connectivity index is 2.88. The van der Waals surface area contributed by atoms with E-state index in [1.165, 1.54) is 0 Å². The summed E-state index contributed by atoms with van der Waals surface area (Å²) in [6.07, 6.45) is 0. The Hall–Kier alpha value is -1.24. The van der Waals surface area contributed by atoms with Crippen molar-refractivity contribution in [1.82, 2.24) is 0 Å². The Kier molecular flexibility index (Phi) is 3.56. The van der Waals surface area contributed by atoms with Gasteiger partial charge in [-0.25, -0.2) is 0 Å². The Morgan fingerprint density at radius 1 is 1.54 bits per heavy atom. The van der Waals surface area contributed by atoms with Crippen LogP contribution in [-0.4, -0.2) is 13.2 Å². The van der Waals surface area contributed by atoms with Gasteiger partial charge in [0.25, 0.3) is 0 Å². The van der Waals surface area contributed by atoms with E-state index < -0.39 is 0 Å². The second-order valence-corrected chi connectivity index (χ2v) is 2.83. The average molecular weight is 197 g/mol. The first-order valence-electron chi connectivity index (χ1n) is 3.80. The van der Waals surface area contributed by atoms with Crippen LogP contribution in [0.1, 0.15) is 5.56 Å². The van der Waals surface area contributed by atoms with Crippen molar-refractivity contribution in [2.45, 2.75) is 0 Å². The van der Waals surface area contributed by atoms with Gasteiger partial charge in [0.2, 0.25) is 0 Å². The van der Waals surface area contributed by atoms with Crippen molar-refractivity contribution in [2.24, 2.45) is 5.73 Å². The zero-order valence-electron chi connectivity index (χ0n) is 6.96. The molecule has 1 rings (SSSR count). The maximum absolute atomic E-state index is 8.72. The molecule has 0 atom stereocenters. The van der Waals surface area contributed by atoms with E-state index in [1.54, 1.807) is 18.2 Å². The summed E-state index contributed by atoms with van der Waals surface area (Å²) in [6, 6.07) is 6.90. The first-order valence-corrected chi connectivity index (χ1v) is 4.18. The monoisotopic (exact) mass is 196 g/mol. The van der Waals surface area contributed by atoms with Gasteiger partial charge in [-0.1, -0.05) is 11.6 Å². The molecule has 0 aliphatic heterocycles. The van der Waals surface area contributed by atoms with Crippen LogP contribution in [0.2, 0.25) is 5.02 Å². The fraction of sp³-hybridized carbons (Fsp3) is 0.222. The Morgan fingerprint density at radius 2 is 2.31 bits per heavy atom. The summed E-state index contributed by atoms with van der Waals surface area (Å²) in [4.78, 5) is 0. The summed E-state index contributed by atoms with van der Waals surface area (Å²) < 4.78 is 5.23. The summed E-state index contributed by atoms with van der Waals surface area (Å²) in [6.45, 7) is 0.823. The molecule has 1 aromatic rings. The van der Waals surface area contributed by atoms with Crippen LogP contribution in [0, 0.1) is 11.3 Å². The minimum Gasteiger partial charge on any atom is -0.491 e. The minimum absolute atomic E-state index is 0.399. The van der Waals surface area contributed by atoms with Crippen molar-refractivity contribution < 1.29 is 4.74 Å². The van der Waals surface area contributed by atoms with E-state index >= 15 is 0 Å². The van der Waals surface area contributed by atoms with Crippen molar-refractivity contribution in [3.05, 3.63) is 28.8 Å². The van der Waals surface area contributed by atoms with Crippen molar-refractivity contribution in [3.63, 3.8) is 0 Å². The third-order valence-electron chi connectivity index (χ3n) is 1.44. The highest BCUT2D eigenvalue weighted by Crippen LogP contribution is 2.21. The number of nitrogens with zero attached hydrogens (tertiary/aromatic N) is 1. The number of nitrogens with two attached hydrogens (primary N) is 1. The second kappa shape index (κ2) is 4.70. The third-order valence-corrected chi connectivity index (χ3v) is 1.67. The largest absolute Gasteiger partial charge is 0.491 e. The van der Waals surface area contributed by atoms with Crippen molar-refractivity contribution >= 4 is 11.6 Å². The van der Waals surface area contributed by atoms with E-state index in [9.17, 15) is 0 Å². The van der Waals surface area contributed by atoms with Gasteiger partial charge in [0, 0.05) is 11.6 Å². The van der Waals surface area contributed by atoms with Gasteiger partial charge in [-0.3, -0.25) is 0 Å². The van der Waals surface area contributed by atoms with E-state index in [0.717, 1.165) is 0 Å². The van der Waals surface area contributed by atoms with Crippen LogP contribution in [0.5, 0.6) is 5.75 Å². The summed E-state index contributed by atoms with van der Waals surface area (Å²) in [5.41, 5.74) is 5.70. The lowest BCUT2D eigenvalue weighted by Gasteiger charge is -2.05. The number of rotatable bonds is 3. The van der Waals surface area contributed by atoms with Gasteiger partial charge in [0.15, 0.2) is 0 Å². The molecule has 0 bridgehead atoms. The lowest BCUT2D eigenvalue weighted by Crippen LogP contribution is -2.11. The molecule has 4 heteroatoms. The smallest absolute Gasteiger partial charge is 0.137 e. The molecule has 0 fully saturated rings. The zero-order chi connectivity index (χ0) is 9.68. The highest BCUT2D eigenvalue weighted by molar-refractivity contribution is 6.30. The predicted octanol–water partition coefficient (Wildman–Crippen LogP) is 1.55. The molecule has 0 spiro atoms. The van der Waals surface area contributed by atoms with Crippen LogP contribution in [0.15, 0.2) is 18.2 Å². The van der Waals surface area contributed by atoms with E-state index in [4.69, 9.17) is 27.3 Å². The first kappa shape index (κ1) is 9.85. The van der Waals surface area contributed by atoms with Gasteiger partial charge in [0.05, 0.1) is 5.56 Å². The first-order chi connectivity index (χ1) is 6.27. The number of ether oxygens (including phenoxy) is 1. The normalized spacial score (nSPS) is 9.31. The molecule has 0 unspecified atom stereocenters. The summed E-state index contributed by atoms with van der Waals surface area (Å²) in [7, 11) is 0. The number of nitriles is 1. The van der Waals surface area contributed by atoms with Crippen LogP contribution in [0.25, 0.3) is 0 Å². The predicted molar refractivity (Wildman–Crippen MR) is 50.7 cm³/mol. The maximum Gasteiger partial charge on any atom is 0.137 e. The van der Waals surface area contributed by atoms with Gasteiger partial charge in [-0.05, 0) is 18.2 Å². The van der Waals surface area contributed by atoms with Crippen LogP contribution >= 0.6 is 11.6 Å².